The lowest BCUT2D eigenvalue weighted by atomic mass is 9.96. The standard InChI is InChI=1S/C22H22N2O3/c25-19-10-11-20(26)24(19)14-16-6-8-17(9-7-16)21(27)23-15-22(12-13-22)18-4-2-1-3-5-18/h1-9H,10-15H2,(H,23,27). The molecule has 1 N–H and O–H groups in total. The van der Waals surface area contributed by atoms with Crippen molar-refractivity contribution in [2.45, 2.75) is 37.6 Å². The fourth-order valence-corrected chi connectivity index (χ4v) is 3.60. The molecule has 1 aliphatic carbocycles. The summed E-state index contributed by atoms with van der Waals surface area (Å²) >= 11 is 0. The number of hydrogen-bond acceptors (Lipinski definition) is 3. The highest BCUT2D eigenvalue weighted by Crippen LogP contribution is 2.47. The van der Waals surface area contributed by atoms with Crippen molar-refractivity contribution in [3.8, 4) is 0 Å². The number of imide groups is 1. The Morgan fingerprint density at radius 3 is 2.15 bits per heavy atom. The van der Waals surface area contributed by atoms with E-state index in [0.29, 0.717) is 24.9 Å². The van der Waals surface area contributed by atoms with Gasteiger partial charge in [-0.2, -0.15) is 0 Å². The van der Waals surface area contributed by atoms with E-state index >= 15 is 0 Å². The van der Waals surface area contributed by atoms with Gasteiger partial charge in [-0.1, -0.05) is 42.5 Å². The van der Waals surface area contributed by atoms with Crippen LogP contribution < -0.4 is 5.32 Å². The van der Waals surface area contributed by atoms with Gasteiger partial charge in [0.25, 0.3) is 5.91 Å². The molecular weight excluding hydrogens is 340 g/mol. The summed E-state index contributed by atoms with van der Waals surface area (Å²) < 4.78 is 0. The van der Waals surface area contributed by atoms with Crippen molar-refractivity contribution in [2.24, 2.45) is 0 Å². The van der Waals surface area contributed by atoms with Gasteiger partial charge in [0, 0.05) is 30.4 Å². The number of carbonyl (C=O) groups is 3. The Morgan fingerprint density at radius 2 is 1.56 bits per heavy atom. The van der Waals surface area contributed by atoms with Crippen LogP contribution in [0.2, 0.25) is 0 Å². The first-order valence-electron chi connectivity index (χ1n) is 9.33. The molecule has 1 heterocycles. The first-order valence-corrected chi connectivity index (χ1v) is 9.33. The number of carbonyl (C=O) groups excluding carboxylic acids is 3. The predicted octanol–water partition coefficient (Wildman–Crippen LogP) is 2.80. The zero-order valence-corrected chi connectivity index (χ0v) is 15.1. The largest absolute Gasteiger partial charge is 0.351 e. The van der Waals surface area contributed by atoms with Gasteiger partial charge in [0.1, 0.15) is 0 Å². The van der Waals surface area contributed by atoms with Gasteiger partial charge in [0.15, 0.2) is 0 Å². The second-order valence-electron chi connectivity index (χ2n) is 7.40. The van der Waals surface area contributed by atoms with Gasteiger partial charge in [0.2, 0.25) is 11.8 Å². The van der Waals surface area contributed by atoms with Crippen LogP contribution in [-0.2, 0) is 21.5 Å². The molecule has 0 unspecified atom stereocenters. The van der Waals surface area contributed by atoms with E-state index < -0.39 is 0 Å². The SMILES string of the molecule is O=C(NCC1(c2ccccc2)CC1)c1ccc(CN2C(=O)CCC2=O)cc1. The number of benzene rings is 2. The second kappa shape index (κ2) is 6.99. The van der Waals surface area contributed by atoms with E-state index in [2.05, 4.69) is 17.4 Å². The molecule has 0 bridgehead atoms. The van der Waals surface area contributed by atoms with Crippen LogP contribution in [-0.4, -0.2) is 29.2 Å². The number of nitrogens with one attached hydrogen (secondary N) is 1. The van der Waals surface area contributed by atoms with Crippen molar-refractivity contribution in [1.29, 1.82) is 0 Å². The molecule has 138 valence electrons. The van der Waals surface area contributed by atoms with Crippen molar-refractivity contribution in [3.63, 3.8) is 0 Å². The molecule has 5 heteroatoms. The predicted molar refractivity (Wildman–Crippen MR) is 101 cm³/mol. The Balaban J connectivity index is 1.36. The minimum absolute atomic E-state index is 0.0767. The highest BCUT2D eigenvalue weighted by Gasteiger charge is 2.44. The van der Waals surface area contributed by atoms with Gasteiger partial charge in [-0.05, 0) is 36.1 Å². The molecule has 1 saturated heterocycles. The molecule has 0 atom stereocenters. The van der Waals surface area contributed by atoms with Crippen molar-refractivity contribution in [2.75, 3.05) is 6.54 Å². The zero-order chi connectivity index (χ0) is 18.9. The molecule has 2 aromatic carbocycles. The summed E-state index contributed by atoms with van der Waals surface area (Å²) in [6.45, 7) is 0.908. The summed E-state index contributed by atoms with van der Waals surface area (Å²) in [5.74, 6) is -0.355. The van der Waals surface area contributed by atoms with Crippen LogP contribution in [0.15, 0.2) is 54.6 Å². The van der Waals surface area contributed by atoms with Crippen LogP contribution in [0.3, 0.4) is 0 Å². The van der Waals surface area contributed by atoms with E-state index in [-0.39, 0.29) is 29.7 Å². The monoisotopic (exact) mass is 362 g/mol. The first kappa shape index (κ1) is 17.5. The lowest BCUT2D eigenvalue weighted by Gasteiger charge is -2.17. The van der Waals surface area contributed by atoms with Gasteiger partial charge in [-0.3, -0.25) is 19.3 Å². The molecule has 2 aromatic rings. The van der Waals surface area contributed by atoms with Crippen molar-refractivity contribution in [3.05, 3.63) is 71.3 Å². The Morgan fingerprint density at radius 1 is 0.926 bits per heavy atom. The summed E-state index contributed by atoms with van der Waals surface area (Å²) in [5, 5.41) is 3.05. The third-order valence-electron chi connectivity index (χ3n) is 5.54. The molecule has 1 saturated carbocycles. The van der Waals surface area contributed by atoms with Gasteiger partial charge >= 0.3 is 0 Å². The highest BCUT2D eigenvalue weighted by molar-refractivity contribution is 6.01. The topological polar surface area (TPSA) is 66.5 Å². The number of hydrogen-bond donors (Lipinski definition) is 1. The van der Waals surface area contributed by atoms with Crippen molar-refractivity contribution < 1.29 is 14.4 Å². The summed E-state index contributed by atoms with van der Waals surface area (Å²) in [4.78, 5) is 37.2. The van der Waals surface area contributed by atoms with Crippen LogP contribution in [0, 0.1) is 0 Å². The van der Waals surface area contributed by atoms with E-state index in [0.717, 1.165) is 18.4 Å². The van der Waals surface area contributed by atoms with Crippen LogP contribution in [0.5, 0.6) is 0 Å². The van der Waals surface area contributed by atoms with Crippen LogP contribution in [0.1, 0.15) is 47.2 Å². The second-order valence-corrected chi connectivity index (χ2v) is 7.40. The fourth-order valence-electron chi connectivity index (χ4n) is 3.60. The fraction of sp³-hybridized carbons (Fsp3) is 0.318. The van der Waals surface area contributed by atoms with E-state index in [1.165, 1.54) is 10.5 Å². The lowest BCUT2D eigenvalue weighted by molar-refractivity contribution is -0.139. The Hall–Kier alpha value is -2.95. The maximum atomic E-state index is 12.5. The van der Waals surface area contributed by atoms with Crippen LogP contribution in [0.4, 0.5) is 0 Å². The summed E-state index contributed by atoms with van der Waals surface area (Å²) in [5.41, 5.74) is 2.79. The van der Waals surface area contributed by atoms with Gasteiger partial charge < -0.3 is 5.32 Å². The molecule has 4 rings (SSSR count). The normalized spacial score (nSPS) is 17.9. The smallest absolute Gasteiger partial charge is 0.251 e. The summed E-state index contributed by atoms with van der Waals surface area (Å²) in [6, 6.07) is 17.4. The van der Waals surface area contributed by atoms with E-state index in [1.807, 2.05) is 18.2 Å². The average molecular weight is 362 g/mol. The van der Waals surface area contributed by atoms with E-state index in [4.69, 9.17) is 0 Å². The molecule has 0 radical (unpaired) electrons. The highest BCUT2D eigenvalue weighted by atomic mass is 16.2. The summed E-state index contributed by atoms with van der Waals surface area (Å²) in [7, 11) is 0. The number of likely N-dealkylation sites (tertiary alicyclic amines) is 1. The molecule has 1 aliphatic heterocycles. The third-order valence-corrected chi connectivity index (χ3v) is 5.54. The van der Waals surface area contributed by atoms with Gasteiger partial charge in [-0.25, -0.2) is 0 Å². The molecule has 5 nitrogen and oxygen atoms in total. The van der Waals surface area contributed by atoms with E-state index in [1.54, 1.807) is 24.3 Å². The third kappa shape index (κ3) is 3.63. The summed E-state index contributed by atoms with van der Waals surface area (Å²) in [6.07, 6.45) is 2.77. The molecule has 3 amide bonds. The molecule has 2 aliphatic rings. The van der Waals surface area contributed by atoms with Crippen molar-refractivity contribution >= 4 is 17.7 Å². The zero-order valence-electron chi connectivity index (χ0n) is 15.1. The quantitative estimate of drug-likeness (QED) is 0.804. The Labute approximate surface area is 158 Å². The van der Waals surface area contributed by atoms with Gasteiger partial charge in [0.05, 0.1) is 6.54 Å². The number of rotatable bonds is 6. The molecular formula is C22H22N2O3. The molecule has 0 spiro atoms. The average Bonchev–Trinajstić information content (AvgIpc) is 3.44. The van der Waals surface area contributed by atoms with Crippen LogP contribution >= 0.6 is 0 Å². The Kier molecular flexibility index (Phi) is 4.52. The minimum Gasteiger partial charge on any atom is -0.351 e. The minimum atomic E-state index is -0.127. The van der Waals surface area contributed by atoms with Crippen LogP contribution in [0.25, 0.3) is 0 Å². The number of amides is 3. The maximum absolute atomic E-state index is 12.5. The molecule has 2 fully saturated rings. The van der Waals surface area contributed by atoms with Crippen molar-refractivity contribution in [1.82, 2.24) is 10.2 Å². The van der Waals surface area contributed by atoms with Gasteiger partial charge in [-0.15, -0.1) is 0 Å². The molecule has 27 heavy (non-hydrogen) atoms. The first-order chi connectivity index (χ1) is 13.1. The lowest BCUT2D eigenvalue weighted by Crippen LogP contribution is -2.32. The Bertz CT molecular complexity index is 854. The van der Waals surface area contributed by atoms with E-state index in [9.17, 15) is 14.4 Å². The molecule has 0 aromatic heterocycles. The number of nitrogens with zero attached hydrogens (tertiary/aromatic N) is 1. The maximum Gasteiger partial charge on any atom is 0.251 e.